The van der Waals surface area contributed by atoms with Crippen LogP contribution in [-0.2, 0) is 6.42 Å². The molecule has 0 aliphatic carbocycles. The molecule has 1 fully saturated rings. The molecule has 0 aromatic heterocycles. The van der Waals surface area contributed by atoms with E-state index >= 15 is 0 Å². The van der Waals surface area contributed by atoms with E-state index in [1.807, 2.05) is 18.2 Å². The maximum Gasteiger partial charge on any atom is 0.124 e. The molecule has 0 radical (unpaired) electrons. The third-order valence-electron chi connectivity index (χ3n) is 5.39. The molecular weight excluding hydrogens is 334 g/mol. The van der Waals surface area contributed by atoms with Crippen molar-refractivity contribution in [3.63, 3.8) is 0 Å². The molecule has 1 aliphatic heterocycles. The lowest BCUT2D eigenvalue weighted by atomic mass is 9.90. The number of phenolic OH excluding ortho intramolecular Hbond substituents is 1. The molecule has 0 bridgehead atoms. The van der Waals surface area contributed by atoms with Gasteiger partial charge in [0.1, 0.15) is 5.75 Å². The highest BCUT2D eigenvalue weighted by molar-refractivity contribution is 6.02. The van der Waals surface area contributed by atoms with Gasteiger partial charge in [-0.2, -0.15) is 0 Å². The number of benzene rings is 2. The Morgan fingerprint density at radius 2 is 1.74 bits per heavy atom. The van der Waals surface area contributed by atoms with Gasteiger partial charge >= 0.3 is 0 Å². The highest BCUT2D eigenvalue weighted by atomic mass is 16.3. The number of aromatic hydroxyl groups is 1. The number of likely N-dealkylation sites (tertiary alicyclic amines) is 1. The molecule has 1 saturated heterocycles. The number of hydrogen-bond donors (Lipinski definition) is 2. The first kappa shape index (κ1) is 19.6. The smallest absolute Gasteiger partial charge is 0.124 e. The number of hydrogen-bond acceptors (Lipinski definition) is 4. The van der Waals surface area contributed by atoms with E-state index in [4.69, 9.17) is 5.73 Å². The molecule has 27 heavy (non-hydrogen) atoms. The molecule has 3 N–H and O–H groups in total. The van der Waals surface area contributed by atoms with Crippen molar-refractivity contribution in [1.82, 2.24) is 4.90 Å². The maximum absolute atomic E-state index is 10.2. The summed E-state index contributed by atoms with van der Waals surface area (Å²) < 4.78 is 0. The van der Waals surface area contributed by atoms with E-state index < -0.39 is 0 Å². The zero-order valence-corrected chi connectivity index (χ0v) is 16.1. The van der Waals surface area contributed by atoms with E-state index in [1.165, 1.54) is 24.8 Å². The van der Waals surface area contributed by atoms with Gasteiger partial charge in [-0.1, -0.05) is 42.5 Å². The number of aliphatic imine (C=N–C) groups is 1. The summed E-state index contributed by atoms with van der Waals surface area (Å²) in [5.41, 5.74) is 8.88. The van der Waals surface area contributed by atoms with Gasteiger partial charge in [0.15, 0.2) is 0 Å². The summed E-state index contributed by atoms with van der Waals surface area (Å²) in [6.07, 6.45) is 4.54. The van der Waals surface area contributed by atoms with Gasteiger partial charge in [-0.3, -0.25) is 4.99 Å². The lowest BCUT2D eigenvalue weighted by Crippen LogP contribution is -2.35. The first-order chi connectivity index (χ1) is 13.3. The third-order valence-corrected chi connectivity index (χ3v) is 5.39. The molecule has 0 amide bonds. The number of nitrogens with zero attached hydrogens (tertiary/aromatic N) is 2. The third kappa shape index (κ3) is 5.91. The fraction of sp³-hybridized carbons (Fsp3) is 0.435. The summed E-state index contributed by atoms with van der Waals surface area (Å²) in [6, 6.07) is 18.3. The quantitative estimate of drug-likeness (QED) is 0.704. The van der Waals surface area contributed by atoms with Crippen molar-refractivity contribution in [1.29, 1.82) is 0 Å². The van der Waals surface area contributed by atoms with Gasteiger partial charge in [0.25, 0.3) is 0 Å². The van der Waals surface area contributed by atoms with Gasteiger partial charge in [-0.05, 0) is 56.0 Å². The largest absolute Gasteiger partial charge is 0.507 e. The molecule has 1 aliphatic rings. The number of piperidine rings is 1. The normalized spacial score (nSPS) is 16.6. The van der Waals surface area contributed by atoms with Crippen molar-refractivity contribution in [2.24, 2.45) is 16.6 Å². The fourth-order valence-electron chi connectivity index (χ4n) is 3.84. The van der Waals surface area contributed by atoms with Crippen LogP contribution in [0, 0.1) is 5.92 Å². The number of rotatable bonds is 8. The van der Waals surface area contributed by atoms with Crippen LogP contribution in [0.5, 0.6) is 5.75 Å². The highest BCUT2D eigenvalue weighted by Gasteiger charge is 2.20. The minimum Gasteiger partial charge on any atom is -0.507 e. The molecule has 2 aromatic carbocycles. The second-order valence-corrected chi connectivity index (χ2v) is 7.36. The van der Waals surface area contributed by atoms with Crippen LogP contribution < -0.4 is 5.73 Å². The number of nitrogens with two attached hydrogens (primary N) is 1. The van der Waals surface area contributed by atoms with Gasteiger partial charge in [0, 0.05) is 30.8 Å². The summed E-state index contributed by atoms with van der Waals surface area (Å²) in [7, 11) is 0. The van der Waals surface area contributed by atoms with Gasteiger partial charge in [0.05, 0.1) is 6.54 Å². The van der Waals surface area contributed by atoms with Crippen LogP contribution in [0.4, 0.5) is 0 Å². The standard InChI is InChI=1S/C23H31N3O/c24-13-14-25-22(21-8-4-5-9-23(21)27)12-17-26-15-10-20(11-16-26)18-19-6-2-1-3-7-19/h1-9,20,27H,10-18,24H2. The second kappa shape index (κ2) is 10.2. The molecule has 0 unspecified atom stereocenters. The first-order valence-corrected chi connectivity index (χ1v) is 10.0. The summed E-state index contributed by atoms with van der Waals surface area (Å²) in [5.74, 6) is 1.09. The number of phenols is 1. The molecule has 4 nitrogen and oxygen atoms in total. The molecule has 144 valence electrons. The predicted octanol–water partition coefficient (Wildman–Crippen LogP) is 3.48. The summed E-state index contributed by atoms with van der Waals surface area (Å²) >= 11 is 0. The minimum absolute atomic E-state index is 0.301. The molecule has 3 rings (SSSR count). The van der Waals surface area contributed by atoms with E-state index in [9.17, 15) is 5.11 Å². The van der Waals surface area contributed by atoms with Crippen molar-refractivity contribution in [2.45, 2.75) is 25.7 Å². The Morgan fingerprint density at radius 3 is 2.44 bits per heavy atom. The van der Waals surface area contributed by atoms with Crippen LogP contribution in [0.3, 0.4) is 0 Å². The van der Waals surface area contributed by atoms with Crippen molar-refractivity contribution in [2.75, 3.05) is 32.7 Å². The number of para-hydroxylation sites is 1. The average molecular weight is 366 g/mol. The first-order valence-electron chi connectivity index (χ1n) is 10.0. The van der Waals surface area contributed by atoms with Crippen LogP contribution in [0.25, 0.3) is 0 Å². The van der Waals surface area contributed by atoms with Gasteiger partial charge in [-0.25, -0.2) is 0 Å². The lowest BCUT2D eigenvalue weighted by Gasteiger charge is -2.32. The maximum atomic E-state index is 10.2. The SMILES string of the molecule is NCCN=C(CCN1CCC(Cc2ccccc2)CC1)c1ccccc1O. The van der Waals surface area contributed by atoms with E-state index in [1.54, 1.807) is 6.07 Å². The lowest BCUT2D eigenvalue weighted by molar-refractivity contribution is 0.188. The fourth-order valence-corrected chi connectivity index (χ4v) is 3.84. The topological polar surface area (TPSA) is 61.8 Å². The Labute approximate surface area is 162 Å². The van der Waals surface area contributed by atoms with Gasteiger partial charge in [-0.15, -0.1) is 0 Å². The van der Waals surface area contributed by atoms with Crippen molar-refractivity contribution < 1.29 is 5.11 Å². The zero-order valence-electron chi connectivity index (χ0n) is 16.1. The average Bonchev–Trinajstić information content (AvgIpc) is 2.71. The summed E-state index contributed by atoms with van der Waals surface area (Å²) in [4.78, 5) is 7.16. The zero-order chi connectivity index (χ0) is 18.9. The minimum atomic E-state index is 0.301. The summed E-state index contributed by atoms with van der Waals surface area (Å²) in [6.45, 7) is 4.39. The molecule has 0 atom stereocenters. The molecule has 1 heterocycles. The van der Waals surface area contributed by atoms with Crippen LogP contribution >= 0.6 is 0 Å². The van der Waals surface area contributed by atoms with Crippen molar-refractivity contribution in [3.8, 4) is 5.75 Å². The van der Waals surface area contributed by atoms with E-state index in [0.717, 1.165) is 43.2 Å². The Morgan fingerprint density at radius 1 is 1.04 bits per heavy atom. The van der Waals surface area contributed by atoms with Gasteiger partial charge < -0.3 is 15.7 Å². The monoisotopic (exact) mass is 365 g/mol. The van der Waals surface area contributed by atoms with Crippen LogP contribution in [-0.4, -0.2) is 48.4 Å². The van der Waals surface area contributed by atoms with E-state index in [0.29, 0.717) is 18.8 Å². The van der Waals surface area contributed by atoms with E-state index in [-0.39, 0.29) is 0 Å². The van der Waals surface area contributed by atoms with E-state index in [2.05, 4.69) is 40.2 Å². The van der Waals surface area contributed by atoms with Crippen LogP contribution in [0.15, 0.2) is 59.6 Å². The van der Waals surface area contributed by atoms with Gasteiger partial charge in [0.2, 0.25) is 0 Å². The second-order valence-electron chi connectivity index (χ2n) is 7.36. The molecule has 0 spiro atoms. The predicted molar refractivity (Wildman–Crippen MR) is 112 cm³/mol. The Hall–Kier alpha value is -2.17. The molecule has 4 heteroatoms. The molecule has 0 saturated carbocycles. The van der Waals surface area contributed by atoms with Crippen LogP contribution in [0.2, 0.25) is 0 Å². The van der Waals surface area contributed by atoms with Crippen molar-refractivity contribution >= 4 is 5.71 Å². The summed E-state index contributed by atoms with van der Waals surface area (Å²) in [5, 5.41) is 10.2. The molecule has 2 aromatic rings. The Balaban J connectivity index is 1.51. The Bertz CT molecular complexity index is 721. The Kier molecular flexibility index (Phi) is 7.43. The van der Waals surface area contributed by atoms with Crippen molar-refractivity contribution in [3.05, 3.63) is 65.7 Å². The highest BCUT2D eigenvalue weighted by Crippen LogP contribution is 2.23. The van der Waals surface area contributed by atoms with Crippen LogP contribution in [0.1, 0.15) is 30.4 Å². The molecular formula is C23H31N3O.